The SMILES string of the molecule is CCOC(=O)[C@H](CO)N(C(C)=O)c1ccccc1. The van der Waals surface area contributed by atoms with E-state index in [1.807, 2.05) is 0 Å². The summed E-state index contributed by atoms with van der Waals surface area (Å²) < 4.78 is 4.85. The molecule has 1 amide bonds. The minimum Gasteiger partial charge on any atom is -0.464 e. The van der Waals surface area contributed by atoms with Crippen LogP contribution < -0.4 is 4.90 Å². The summed E-state index contributed by atoms with van der Waals surface area (Å²) in [5.74, 6) is -0.938. The molecule has 0 fully saturated rings. The van der Waals surface area contributed by atoms with Crippen LogP contribution in [0.15, 0.2) is 30.3 Å². The fourth-order valence-corrected chi connectivity index (χ4v) is 1.67. The van der Waals surface area contributed by atoms with Gasteiger partial charge in [0.25, 0.3) is 0 Å². The lowest BCUT2D eigenvalue weighted by Gasteiger charge is -2.27. The predicted molar refractivity (Wildman–Crippen MR) is 67.1 cm³/mol. The Bertz CT molecular complexity index is 405. The van der Waals surface area contributed by atoms with E-state index in [1.165, 1.54) is 11.8 Å². The third-order valence-corrected chi connectivity index (χ3v) is 2.42. The Morgan fingerprint density at radius 3 is 2.39 bits per heavy atom. The zero-order chi connectivity index (χ0) is 13.5. The van der Waals surface area contributed by atoms with Crippen LogP contribution in [0.2, 0.25) is 0 Å². The van der Waals surface area contributed by atoms with Crippen LogP contribution in [-0.2, 0) is 14.3 Å². The first kappa shape index (κ1) is 14.2. The summed E-state index contributed by atoms with van der Waals surface area (Å²) in [4.78, 5) is 24.6. The van der Waals surface area contributed by atoms with E-state index in [-0.39, 0.29) is 12.5 Å². The molecule has 18 heavy (non-hydrogen) atoms. The zero-order valence-electron chi connectivity index (χ0n) is 10.5. The van der Waals surface area contributed by atoms with Crippen molar-refractivity contribution in [2.75, 3.05) is 18.1 Å². The molecule has 0 aromatic heterocycles. The molecule has 0 heterocycles. The molecule has 0 saturated carbocycles. The maximum atomic E-state index is 11.7. The standard InChI is InChI=1S/C13H17NO4/c1-3-18-13(17)12(9-15)14(10(2)16)11-7-5-4-6-8-11/h4-8,12,15H,3,9H2,1-2H3/t12-/m0/s1. The van der Waals surface area contributed by atoms with Crippen LogP contribution in [0.4, 0.5) is 5.69 Å². The molecule has 1 aromatic carbocycles. The smallest absolute Gasteiger partial charge is 0.331 e. The van der Waals surface area contributed by atoms with Gasteiger partial charge in [-0.05, 0) is 19.1 Å². The Kier molecular flexibility index (Phi) is 5.32. The van der Waals surface area contributed by atoms with Gasteiger partial charge in [-0.15, -0.1) is 0 Å². The molecule has 0 aliphatic carbocycles. The van der Waals surface area contributed by atoms with E-state index in [0.29, 0.717) is 5.69 Å². The van der Waals surface area contributed by atoms with Crippen LogP contribution in [0.5, 0.6) is 0 Å². The first-order chi connectivity index (χ1) is 8.61. The van der Waals surface area contributed by atoms with E-state index in [4.69, 9.17) is 4.74 Å². The molecule has 0 bridgehead atoms. The number of esters is 1. The fourth-order valence-electron chi connectivity index (χ4n) is 1.67. The summed E-state index contributed by atoms with van der Waals surface area (Å²) in [5.41, 5.74) is 0.553. The molecule has 1 aromatic rings. The van der Waals surface area contributed by atoms with Crippen LogP contribution >= 0.6 is 0 Å². The van der Waals surface area contributed by atoms with E-state index < -0.39 is 18.6 Å². The average molecular weight is 251 g/mol. The molecule has 1 atom stereocenters. The van der Waals surface area contributed by atoms with Gasteiger partial charge in [0.15, 0.2) is 6.04 Å². The lowest BCUT2D eigenvalue weighted by molar-refractivity contribution is -0.146. The summed E-state index contributed by atoms with van der Waals surface area (Å²) in [6.45, 7) is 2.74. The van der Waals surface area contributed by atoms with Gasteiger partial charge in [-0.3, -0.25) is 9.69 Å². The Morgan fingerprint density at radius 2 is 1.94 bits per heavy atom. The van der Waals surface area contributed by atoms with Gasteiger partial charge in [0.2, 0.25) is 5.91 Å². The van der Waals surface area contributed by atoms with Crippen molar-refractivity contribution in [1.29, 1.82) is 0 Å². The number of nitrogens with zero attached hydrogens (tertiary/aromatic N) is 1. The largest absolute Gasteiger partial charge is 0.464 e. The van der Waals surface area contributed by atoms with E-state index in [0.717, 1.165) is 0 Å². The molecule has 0 radical (unpaired) electrons. The molecular formula is C13H17NO4. The topological polar surface area (TPSA) is 66.8 Å². The number of anilines is 1. The Labute approximate surface area is 106 Å². The van der Waals surface area contributed by atoms with Crippen molar-refractivity contribution in [3.8, 4) is 0 Å². The summed E-state index contributed by atoms with van der Waals surface area (Å²) in [7, 11) is 0. The normalized spacial score (nSPS) is 11.7. The molecule has 0 saturated heterocycles. The number of carbonyl (C=O) groups excluding carboxylic acids is 2. The van der Waals surface area contributed by atoms with Gasteiger partial charge < -0.3 is 9.84 Å². The van der Waals surface area contributed by atoms with Crippen LogP contribution in [0, 0.1) is 0 Å². The van der Waals surface area contributed by atoms with Crippen LogP contribution in [0.3, 0.4) is 0 Å². The first-order valence-electron chi connectivity index (χ1n) is 5.74. The van der Waals surface area contributed by atoms with Gasteiger partial charge in [0.05, 0.1) is 13.2 Å². The number of ether oxygens (including phenoxy) is 1. The first-order valence-corrected chi connectivity index (χ1v) is 5.74. The van der Waals surface area contributed by atoms with Crippen molar-refractivity contribution in [1.82, 2.24) is 0 Å². The summed E-state index contributed by atoms with van der Waals surface area (Å²) in [6.07, 6.45) is 0. The third kappa shape index (κ3) is 3.30. The number of amides is 1. The highest BCUT2D eigenvalue weighted by Gasteiger charge is 2.29. The second-order valence-corrected chi connectivity index (χ2v) is 3.67. The minimum absolute atomic E-state index is 0.204. The molecule has 5 nitrogen and oxygen atoms in total. The predicted octanol–water partition coefficient (Wildman–Crippen LogP) is 0.963. The number of aliphatic hydroxyl groups excluding tert-OH is 1. The van der Waals surface area contributed by atoms with Crippen molar-refractivity contribution in [3.05, 3.63) is 30.3 Å². The molecule has 98 valence electrons. The van der Waals surface area contributed by atoms with Crippen LogP contribution in [0.1, 0.15) is 13.8 Å². The van der Waals surface area contributed by atoms with Gasteiger partial charge in [-0.25, -0.2) is 4.79 Å². The number of benzene rings is 1. The highest BCUT2D eigenvalue weighted by Crippen LogP contribution is 2.17. The fraction of sp³-hybridized carbons (Fsp3) is 0.385. The minimum atomic E-state index is -1.01. The van der Waals surface area contributed by atoms with E-state index >= 15 is 0 Å². The van der Waals surface area contributed by atoms with Crippen molar-refractivity contribution in [3.63, 3.8) is 0 Å². The number of carbonyl (C=O) groups is 2. The second-order valence-electron chi connectivity index (χ2n) is 3.67. The number of rotatable bonds is 5. The van der Waals surface area contributed by atoms with Crippen LogP contribution in [0.25, 0.3) is 0 Å². The van der Waals surface area contributed by atoms with Gasteiger partial charge in [-0.2, -0.15) is 0 Å². The molecule has 5 heteroatoms. The Balaban J connectivity index is 3.03. The van der Waals surface area contributed by atoms with Crippen molar-refractivity contribution < 1.29 is 19.4 Å². The lowest BCUT2D eigenvalue weighted by Crippen LogP contribution is -2.47. The van der Waals surface area contributed by atoms with Crippen molar-refractivity contribution in [2.45, 2.75) is 19.9 Å². The average Bonchev–Trinajstić information content (AvgIpc) is 2.36. The number of aliphatic hydroxyl groups is 1. The monoisotopic (exact) mass is 251 g/mol. The third-order valence-electron chi connectivity index (χ3n) is 2.42. The van der Waals surface area contributed by atoms with Crippen molar-refractivity contribution >= 4 is 17.6 Å². The van der Waals surface area contributed by atoms with Gasteiger partial charge in [0, 0.05) is 12.6 Å². The zero-order valence-corrected chi connectivity index (χ0v) is 10.5. The van der Waals surface area contributed by atoms with Crippen molar-refractivity contribution in [2.24, 2.45) is 0 Å². The maximum Gasteiger partial charge on any atom is 0.331 e. The summed E-state index contributed by atoms with van der Waals surface area (Å²) >= 11 is 0. The van der Waals surface area contributed by atoms with Gasteiger partial charge >= 0.3 is 5.97 Å². The molecule has 0 spiro atoms. The summed E-state index contributed by atoms with van der Waals surface area (Å²) in [6, 6.07) is 7.70. The van der Waals surface area contributed by atoms with Gasteiger partial charge in [0.1, 0.15) is 0 Å². The van der Waals surface area contributed by atoms with Gasteiger partial charge in [-0.1, -0.05) is 18.2 Å². The molecule has 0 aliphatic rings. The highest BCUT2D eigenvalue weighted by atomic mass is 16.5. The van der Waals surface area contributed by atoms with E-state index in [9.17, 15) is 14.7 Å². The lowest BCUT2D eigenvalue weighted by atomic mass is 10.2. The Morgan fingerprint density at radius 1 is 1.33 bits per heavy atom. The highest BCUT2D eigenvalue weighted by molar-refractivity contribution is 5.98. The van der Waals surface area contributed by atoms with E-state index in [1.54, 1.807) is 37.3 Å². The maximum absolute atomic E-state index is 11.7. The molecule has 1 N–H and O–H groups in total. The number of hydrogen-bond donors (Lipinski definition) is 1. The van der Waals surface area contributed by atoms with Crippen LogP contribution in [-0.4, -0.2) is 36.2 Å². The molecule has 0 unspecified atom stereocenters. The molecular weight excluding hydrogens is 234 g/mol. The Hall–Kier alpha value is -1.88. The molecule has 0 aliphatic heterocycles. The number of para-hydroxylation sites is 1. The quantitative estimate of drug-likeness (QED) is 0.792. The van der Waals surface area contributed by atoms with E-state index in [2.05, 4.69) is 0 Å². The summed E-state index contributed by atoms with van der Waals surface area (Å²) in [5, 5.41) is 9.31. The number of hydrogen-bond acceptors (Lipinski definition) is 4. The second kappa shape index (κ2) is 6.76. The molecule has 1 rings (SSSR count).